The third-order valence-corrected chi connectivity index (χ3v) is 3.99. The van der Waals surface area contributed by atoms with E-state index >= 15 is 0 Å². The molecular weight excluding hydrogens is 280 g/mol. The highest BCUT2D eigenvalue weighted by Gasteiger charge is 2.43. The lowest BCUT2D eigenvalue weighted by atomic mass is 9.92. The van der Waals surface area contributed by atoms with Crippen LogP contribution in [0.3, 0.4) is 0 Å². The van der Waals surface area contributed by atoms with E-state index in [9.17, 15) is 9.59 Å². The largest absolute Gasteiger partial charge is 0.497 e. The number of ether oxygens (including phenoxy) is 1. The van der Waals surface area contributed by atoms with Crippen LogP contribution in [0.1, 0.15) is 24.9 Å². The van der Waals surface area contributed by atoms with Crippen LogP contribution in [0.5, 0.6) is 5.75 Å². The summed E-state index contributed by atoms with van der Waals surface area (Å²) in [4.78, 5) is 26.3. The van der Waals surface area contributed by atoms with Crippen molar-refractivity contribution >= 4 is 11.8 Å². The van der Waals surface area contributed by atoms with Crippen molar-refractivity contribution < 1.29 is 14.3 Å². The van der Waals surface area contributed by atoms with Gasteiger partial charge in [0.1, 0.15) is 5.75 Å². The number of hydrogen-bond acceptors (Lipinski definition) is 3. The van der Waals surface area contributed by atoms with Crippen molar-refractivity contribution in [1.82, 2.24) is 10.2 Å². The number of nitrogens with one attached hydrogen (secondary N) is 1. The Bertz CT molecular complexity index is 554. The van der Waals surface area contributed by atoms with Crippen molar-refractivity contribution in [3.05, 3.63) is 42.5 Å². The molecule has 1 aromatic carbocycles. The predicted molar refractivity (Wildman–Crippen MR) is 84.4 cm³/mol. The Kier molecular flexibility index (Phi) is 5.20. The quantitative estimate of drug-likeness (QED) is 0.817. The molecular formula is C17H22N2O3. The van der Waals surface area contributed by atoms with Crippen molar-refractivity contribution in [3.63, 3.8) is 0 Å². The SMILES string of the molecule is C=CCNC(=O)[C@@H]1CC(=O)N(CC)[C@H]1c1ccc(OC)cc1. The Morgan fingerprint density at radius 1 is 1.45 bits per heavy atom. The van der Waals surface area contributed by atoms with Crippen molar-refractivity contribution in [2.45, 2.75) is 19.4 Å². The van der Waals surface area contributed by atoms with Gasteiger partial charge in [-0.1, -0.05) is 18.2 Å². The van der Waals surface area contributed by atoms with E-state index in [1.165, 1.54) is 0 Å². The molecule has 0 saturated carbocycles. The fraction of sp³-hybridized carbons (Fsp3) is 0.412. The van der Waals surface area contributed by atoms with Gasteiger partial charge in [-0.15, -0.1) is 6.58 Å². The Morgan fingerprint density at radius 2 is 2.14 bits per heavy atom. The minimum atomic E-state index is -0.374. The second-order valence-corrected chi connectivity index (χ2v) is 5.24. The number of amides is 2. The Labute approximate surface area is 130 Å². The molecule has 1 saturated heterocycles. The summed E-state index contributed by atoms with van der Waals surface area (Å²) in [5.41, 5.74) is 0.951. The van der Waals surface area contributed by atoms with Crippen molar-refractivity contribution in [3.8, 4) is 5.75 Å². The monoisotopic (exact) mass is 302 g/mol. The number of benzene rings is 1. The molecule has 0 aliphatic carbocycles. The van der Waals surface area contributed by atoms with Crippen LogP contribution in [0.2, 0.25) is 0 Å². The molecule has 1 aromatic rings. The Morgan fingerprint density at radius 3 is 2.68 bits per heavy atom. The maximum atomic E-state index is 12.4. The highest BCUT2D eigenvalue weighted by Crippen LogP contribution is 2.38. The van der Waals surface area contributed by atoms with Crippen LogP contribution < -0.4 is 10.1 Å². The fourth-order valence-corrected chi connectivity index (χ4v) is 2.92. The molecule has 22 heavy (non-hydrogen) atoms. The van der Waals surface area contributed by atoms with Crippen molar-refractivity contribution in [2.24, 2.45) is 5.92 Å². The number of nitrogens with zero attached hydrogens (tertiary/aromatic N) is 1. The minimum absolute atomic E-state index is 0.0158. The molecule has 0 radical (unpaired) electrons. The van der Waals surface area contributed by atoms with Crippen LogP contribution in [-0.2, 0) is 9.59 Å². The second-order valence-electron chi connectivity index (χ2n) is 5.24. The zero-order chi connectivity index (χ0) is 16.1. The summed E-state index contributed by atoms with van der Waals surface area (Å²) >= 11 is 0. The molecule has 2 atom stereocenters. The van der Waals surface area contributed by atoms with Gasteiger partial charge in [0, 0.05) is 19.5 Å². The summed E-state index contributed by atoms with van der Waals surface area (Å²) in [5.74, 6) is 0.289. The van der Waals surface area contributed by atoms with E-state index < -0.39 is 0 Å². The molecule has 1 N–H and O–H groups in total. The molecule has 118 valence electrons. The first-order chi connectivity index (χ1) is 10.6. The highest BCUT2D eigenvalue weighted by molar-refractivity contribution is 5.90. The summed E-state index contributed by atoms with van der Waals surface area (Å²) in [6.45, 7) is 6.52. The molecule has 2 amide bonds. The lowest BCUT2D eigenvalue weighted by molar-refractivity contribution is -0.129. The first-order valence-electron chi connectivity index (χ1n) is 7.44. The van der Waals surface area contributed by atoms with Gasteiger partial charge in [0.05, 0.1) is 19.1 Å². The molecule has 5 nitrogen and oxygen atoms in total. The molecule has 1 heterocycles. The summed E-state index contributed by atoms with van der Waals surface area (Å²) in [6.07, 6.45) is 1.88. The summed E-state index contributed by atoms with van der Waals surface area (Å²) in [5, 5.41) is 2.80. The predicted octanol–water partition coefficient (Wildman–Crippen LogP) is 1.91. The van der Waals surface area contributed by atoms with Crippen LogP contribution in [0.4, 0.5) is 0 Å². The van der Waals surface area contributed by atoms with Gasteiger partial charge < -0.3 is 15.0 Å². The van der Waals surface area contributed by atoms with Crippen molar-refractivity contribution in [1.29, 1.82) is 0 Å². The highest BCUT2D eigenvalue weighted by atomic mass is 16.5. The average Bonchev–Trinajstić information content (AvgIpc) is 2.89. The van der Waals surface area contributed by atoms with Gasteiger partial charge in [-0.3, -0.25) is 9.59 Å². The van der Waals surface area contributed by atoms with Crippen LogP contribution in [0.15, 0.2) is 36.9 Å². The standard InChI is InChI=1S/C17H22N2O3/c1-4-10-18-17(21)14-11-15(20)19(5-2)16(14)12-6-8-13(22-3)9-7-12/h4,6-9,14,16H,1,5,10-11H2,2-3H3,(H,18,21)/t14-,16+/m1/s1. The third-order valence-electron chi connectivity index (χ3n) is 3.99. The maximum absolute atomic E-state index is 12.4. The maximum Gasteiger partial charge on any atom is 0.226 e. The zero-order valence-corrected chi connectivity index (χ0v) is 13.0. The Hall–Kier alpha value is -2.30. The van der Waals surface area contributed by atoms with Crippen molar-refractivity contribution in [2.75, 3.05) is 20.2 Å². The van der Waals surface area contributed by atoms with E-state index in [1.807, 2.05) is 31.2 Å². The van der Waals surface area contributed by atoms with Crippen LogP contribution in [0, 0.1) is 5.92 Å². The number of methoxy groups -OCH3 is 1. The second kappa shape index (κ2) is 7.11. The Balaban J connectivity index is 2.29. The van der Waals surface area contributed by atoms with E-state index in [2.05, 4.69) is 11.9 Å². The van der Waals surface area contributed by atoms with E-state index in [0.717, 1.165) is 11.3 Å². The summed E-state index contributed by atoms with van der Waals surface area (Å²) in [7, 11) is 1.61. The molecule has 0 spiro atoms. The lowest BCUT2D eigenvalue weighted by Crippen LogP contribution is -2.35. The molecule has 0 bridgehead atoms. The topological polar surface area (TPSA) is 58.6 Å². The number of likely N-dealkylation sites (tertiary alicyclic amines) is 1. The van der Waals surface area contributed by atoms with Crippen LogP contribution in [0.25, 0.3) is 0 Å². The number of rotatable bonds is 6. The van der Waals surface area contributed by atoms with Gasteiger partial charge in [-0.2, -0.15) is 0 Å². The average molecular weight is 302 g/mol. The third kappa shape index (κ3) is 3.13. The number of hydrogen-bond donors (Lipinski definition) is 1. The smallest absolute Gasteiger partial charge is 0.226 e. The van der Waals surface area contributed by atoms with Gasteiger partial charge in [-0.25, -0.2) is 0 Å². The normalized spacial score (nSPS) is 20.8. The molecule has 0 unspecified atom stereocenters. The number of carbonyl (C=O) groups is 2. The van der Waals surface area contributed by atoms with Gasteiger partial charge in [0.15, 0.2) is 0 Å². The number of carbonyl (C=O) groups excluding carboxylic acids is 2. The fourth-order valence-electron chi connectivity index (χ4n) is 2.92. The van der Waals surface area contributed by atoms with Gasteiger partial charge >= 0.3 is 0 Å². The zero-order valence-electron chi connectivity index (χ0n) is 13.0. The molecule has 1 fully saturated rings. The van der Waals surface area contributed by atoms with Gasteiger partial charge in [0.2, 0.25) is 11.8 Å². The lowest BCUT2D eigenvalue weighted by Gasteiger charge is -2.27. The van der Waals surface area contributed by atoms with Gasteiger partial charge in [-0.05, 0) is 24.6 Å². The minimum Gasteiger partial charge on any atom is -0.497 e. The first-order valence-corrected chi connectivity index (χ1v) is 7.44. The van der Waals surface area contributed by atoms with E-state index in [1.54, 1.807) is 18.1 Å². The van der Waals surface area contributed by atoms with E-state index in [-0.39, 0.29) is 30.2 Å². The molecule has 0 aromatic heterocycles. The van der Waals surface area contributed by atoms with Crippen LogP contribution >= 0.6 is 0 Å². The summed E-state index contributed by atoms with van der Waals surface area (Å²) < 4.78 is 5.16. The molecule has 1 aliphatic rings. The molecule has 5 heteroatoms. The van der Waals surface area contributed by atoms with Gasteiger partial charge in [0.25, 0.3) is 0 Å². The van der Waals surface area contributed by atoms with E-state index in [0.29, 0.717) is 13.1 Å². The van der Waals surface area contributed by atoms with E-state index in [4.69, 9.17) is 4.74 Å². The molecule has 1 aliphatic heterocycles. The van der Waals surface area contributed by atoms with Crippen LogP contribution in [-0.4, -0.2) is 36.9 Å². The summed E-state index contributed by atoms with van der Waals surface area (Å²) in [6, 6.07) is 7.31. The first kappa shape index (κ1) is 16.1. The molecule has 2 rings (SSSR count).